The molecule has 380 valence electrons. The van der Waals surface area contributed by atoms with Gasteiger partial charge in [0.2, 0.25) is 5.91 Å². The highest BCUT2D eigenvalue weighted by atomic mass is 32.2. The van der Waals surface area contributed by atoms with Crippen molar-refractivity contribution < 1.29 is 42.2 Å². The standard InChI is InChI=1S/C50H68N8O9S3/c1-32(2)51-48-54-40(31-69-48)39-26-42(37-20-19-35(66-6)24-38(37)53-39)67-36-25-41(57(4)28-36)45(60)56-50(46(61)62)27-33(50)16-11-8-7-9-12-17-34(30-59)52-47(63)55-43(49(3)21-13-10-14-22-49)29-58(5)70(64,65)44-18-15-23-68-44/h11,15-16,18-20,23-24,26,30-34,36,41,43H,7-10,12-14,17,21-22,25,27-29H2,1-6H3,(H,51,54)(H,56,60)(H,61,62)(H2,52,55,63)/b16-11-/t33?,34-,36?,41-,43?,50+/m0/s1. The highest BCUT2D eigenvalue weighted by Crippen LogP contribution is 2.46. The molecule has 0 spiro atoms. The minimum Gasteiger partial charge on any atom is -0.497 e. The van der Waals surface area contributed by atoms with E-state index in [9.17, 15) is 32.7 Å². The van der Waals surface area contributed by atoms with Gasteiger partial charge in [-0.3, -0.25) is 9.69 Å². The van der Waals surface area contributed by atoms with E-state index < -0.39 is 45.7 Å². The van der Waals surface area contributed by atoms with Gasteiger partial charge in [0.1, 0.15) is 39.3 Å². The van der Waals surface area contributed by atoms with Gasteiger partial charge in [0.05, 0.1) is 30.4 Å². The van der Waals surface area contributed by atoms with Crippen LogP contribution in [0.1, 0.15) is 97.8 Å². The highest BCUT2D eigenvalue weighted by Gasteiger charge is 2.61. The number of hydrogen-bond acceptors (Lipinski definition) is 14. The first-order chi connectivity index (χ1) is 33.4. The fraction of sp³-hybridized carbons (Fsp3) is 0.560. The average molecular weight is 1020 g/mol. The fourth-order valence-corrected chi connectivity index (χ4v) is 12.9. The zero-order chi connectivity index (χ0) is 50.2. The number of thiophene rings is 1. The summed E-state index contributed by atoms with van der Waals surface area (Å²) in [5, 5.41) is 27.6. The normalized spacial score (nSPS) is 22.2. The van der Waals surface area contributed by atoms with Crippen molar-refractivity contribution in [2.24, 2.45) is 11.3 Å². The van der Waals surface area contributed by atoms with Gasteiger partial charge in [-0.2, -0.15) is 4.31 Å². The van der Waals surface area contributed by atoms with Crippen LogP contribution in [0.25, 0.3) is 22.3 Å². The molecule has 0 radical (unpaired) electrons. The van der Waals surface area contributed by atoms with Crippen molar-refractivity contribution in [2.75, 3.05) is 39.6 Å². The van der Waals surface area contributed by atoms with E-state index >= 15 is 0 Å². The number of aldehydes is 1. The molecule has 2 saturated carbocycles. The Labute approximate surface area is 419 Å². The number of methoxy groups -OCH3 is 1. The number of sulfonamides is 1. The number of carbonyl (C=O) groups is 4. The monoisotopic (exact) mass is 1020 g/mol. The lowest BCUT2D eigenvalue weighted by Gasteiger charge is -2.42. The summed E-state index contributed by atoms with van der Waals surface area (Å²) in [7, 11) is 1.25. The quantitative estimate of drug-likeness (QED) is 0.0258. The Morgan fingerprint density at radius 1 is 1.04 bits per heavy atom. The summed E-state index contributed by atoms with van der Waals surface area (Å²) in [6.45, 7) is 6.76. The lowest BCUT2D eigenvalue weighted by Crippen LogP contribution is -2.56. The molecular weight excluding hydrogens is 953 g/mol. The summed E-state index contributed by atoms with van der Waals surface area (Å²) in [6.07, 6.45) is 13.0. The molecule has 17 nitrogen and oxygen atoms in total. The largest absolute Gasteiger partial charge is 0.497 e. The number of aliphatic carboxylic acids is 1. The molecule has 20 heteroatoms. The Bertz CT molecular complexity index is 2600. The highest BCUT2D eigenvalue weighted by molar-refractivity contribution is 7.91. The van der Waals surface area contributed by atoms with E-state index in [2.05, 4.69) is 42.0 Å². The van der Waals surface area contributed by atoms with Crippen LogP contribution in [-0.2, 0) is 24.4 Å². The Kier molecular flexibility index (Phi) is 17.3. The number of carboxylic acid groups (broad SMARTS) is 1. The molecule has 3 unspecified atom stereocenters. The third-order valence-electron chi connectivity index (χ3n) is 14.0. The number of ether oxygens (including phenoxy) is 2. The van der Waals surface area contributed by atoms with E-state index in [4.69, 9.17) is 19.4 Å². The number of carbonyl (C=O) groups excluding carboxylic acids is 3. The number of carboxylic acids is 1. The first-order valence-corrected chi connectivity index (χ1v) is 27.5. The van der Waals surface area contributed by atoms with Crippen LogP contribution >= 0.6 is 22.7 Å². The minimum atomic E-state index is -3.72. The molecule has 1 aromatic carbocycles. The average Bonchev–Trinajstić information content (AvgIpc) is 3.76. The number of amides is 3. The van der Waals surface area contributed by atoms with Crippen molar-refractivity contribution in [3.05, 3.63) is 59.3 Å². The lowest BCUT2D eigenvalue weighted by molar-refractivity contribution is -0.144. The molecule has 4 heterocycles. The second kappa shape index (κ2) is 22.9. The zero-order valence-corrected chi connectivity index (χ0v) is 43.4. The Hall–Kier alpha value is -5.15. The molecule has 7 rings (SSSR count). The van der Waals surface area contributed by atoms with Gasteiger partial charge in [-0.1, -0.05) is 57.2 Å². The predicted molar refractivity (Wildman–Crippen MR) is 273 cm³/mol. The van der Waals surface area contributed by atoms with Crippen LogP contribution in [0, 0.1) is 11.3 Å². The first-order valence-electron chi connectivity index (χ1n) is 24.3. The molecule has 3 aromatic heterocycles. The summed E-state index contributed by atoms with van der Waals surface area (Å²) in [4.78, 5) is 63.4. The second-order valence-electron chi connectivity index (χ2n) is 19.6. The van der Waals surface area contributed by atoms with E-state index in [-0.39, 0.29) is 46.6 Å². The van der Waals surface area contributed by atoms with Crippen LogP contribution in [0.4, 0.5) is 9.93 Å². The molecular formula is C50H68N8O9S3. The SMILES string of the molecule is COc1ccc2c(OC3C[C@@H](C(=O)N[C@]4(C(=O)O)CC4/C=C\CCCCC[C@@H](C=O)NC(=O)NC(CN(C)S(=O)(=O)c4cccs4)C4(C)CCCCC4)N(C)C3)cc(-c3csc(NC(C)C)n3)nc2c1. The molecule has 4 aromatic rings. The maximum absolute atomic E-state index is 13.8. The molecule has 0 bridgehead atoms. The number of urea groups is 1. The molecule has 70 heavy (non-hydrogen) atoms. The molecule has 3 amide bonds. The van der Waals surface area contributed by atoms with Gasteiger partial charge >= 0.3 is 12.0 Å². The number of hydrogen-bond donors (Lipinski definition) is 5. The summed E-state index contributed by atoms with van der Waals surface area (Å²) in [6, 6.07) is 8.71. The van der Waals surface area contributed by atoms with E-state index in [1.54, 1.807) is 24.6 Å². The van der Waals surface area contributed by atoms with Crippen molar-refractivity contribution in [2.45, 2.75) is 138 Å². The van der Waals surface area contributed by atoms with Crippen LogP contribution in [0.2, 0.25) is 0 Å². The summed E-state index contributed by atoms with van der Waals surface area (Å²) < 4.78 is 40.2. The number of pyridine rings is 1. The number of likely N-dealkylation sites (N-methyl/N-ethyl adjacent to an activating group) is 2. The van der Waals surface area contributed by atoms with Gasteiger partial charge in [-0.15, -0.1) is 22.7 Å². The Morgan fingerprint density at radius 3 is 2.53 bits per heavy atom. The van der Waals surface area contributed by atoms with Gasteiger partial charge < -0.3 is 40.6 Å². The van der Waals surface area contributed by atoms with E-state index in [0.717, 1.165) is 73.1 Å². The van der Waals surface area contributed by atoms with Gasteiger partial charge in [0, 0.05) is 67.5 Å². The summed E-state index contributed by atoms with van der Waals surface area (Å²) in [5.41, 5.74) is 0.336. The van der Waals surface area contributed by atoms with Crippen LogP contribution < -0.4 is 30.7 Å². The summed E-state index contributed by atoms with van der Waals surface area (Å²) in [5.74, 6) is -0.530. The van der Waals surface area contributed by atoms with Crippen LogP contribution in [-0.4, -0.2) is 127 Å². The number of nitrogens with one attached hydrogen (secondary N) is 4. The predicted octanol–water partition coefficient (Wildman–Crippen LogP) is 7.69. The van der Waals surface area contributed by atoms with Crippen LogP contribution in [0.5, 0.6) is 11.5 Å². The number of nitrogens with zero attached hydrogens (tertiary/aromatic N) is 4. The minimum absolute atomic E-state index is 0.106. The van der Waals surface area contributed by atoms with Crippen molar-refractivity contribution in [1.29, 1.82) is 0 Å². The van der Waals surface area contributed by atoms with E-state index in [1.165, 1.54) is 22.7 Å². The third kappa shape index (κ3) is 12.7. The topological polar surface area (TPSA) is 221 Å². The fourth-order valence-electron chi connectivity index (χ4n) is 9.70. The van der Waals surface area contributed by atoms with Crippen molar-refractivity contribution in [3.8, 4) is 22.9 Å². The third-order valence-corrected chi connectivity index (χ3v) is 18.0. The van der Waals surface area contributed by atoms with Crippen LogP contribution in [0.3, 0.4) is 0 Å². The number of thiazole rings is 1. The maximum atomic E-state index is 13.8. The number of allylic oxidation sites excluding steroid dienone is 1. The van der Waals surface area contributed by atoms with Crippen molar-refractivity contribution in [3.63, 3.8) is 0 Å². The van der Waals surface area contributed by atoms with Crippen LogP contribution in [0.15, 0.2) is 63.5 Å². The smallest absolute Gasteiger partial charge is 0.330 e. The van der Waals surface area contributed by atoms with Gasteiger partial charge in [-0.25, -0.2) is 28.0 Å². The van der Waals surface area contributed by atoms with Gasteiger partial charge in [0.25, 0.3) is 10.0 Å². The maximum Gasteiger partial charge on any atom is 0.330 e. The van der Waals surface area contributed by atoms with Crippen molar-refractivity contribution >= 4 is 72.9 Å². The number of benzene rings is 1. The molecule has 2 aliphatic carbocycles. The van der Waals surface area contributed by atoms with Gasteiger partial charge in [-0.05, 0) is 88.4 Å². The van der Waals surface area contributed by atoms with E-state index in [0.29, 0.717) is 60.6 Å². The number of likely N-dealkylation sites (tertiary alicyclic amines) is 1. The zero-order valence-electron chi connectivity index (χ0n) is 40.9. The first kappa shape index (κ1) is 52.7. The second-order valence-corrected chi connectivity index (χ2v) is 23.7. The molecule has 5 N–H and O–H groups in total. The van der Waals surface area contributed by atoms with E-state index in [1.807, 2.05) is 53.7 Å². The summed E-state index contributed by atoms with van der Waals surface area (Å²) >= 11 is 2.65. The lowest BCUT2D eigenvalue weighted by atomic mass is 9.70. The molecule has 3 aliphatic rings. The molecule has 1 aliphatic heterocycles. The number of unbranched alkanes of at least 4 members (excludes halogenated alkanes) is 3. The van der Waals surface area contributed by atoms with Crippen molar-refractivity contribution in [1.82, 2.24) is 35.1 Å². The Morgan fingerprint density at radius 2 is 1.83 bits per heavy atom. The number of anilines is 1. The molecule has 6 atom stereocenters. The molecule has 1 saturated heterocycles. The Balaban J connectivity index is 0.870. The molecule has 3 fully saturated rings. The number of fused-ring (bicyclic) bond motifs is 1. The van der Waals surface area contributed by atoms with Gasteiger partial charge in [0.15, 0.2) is 5.13 Å². The number of aromatic nitrogens is 2. The number of rotatable bonds is 24.